The van der Waals surface area contributed by atoms with E-state index in [1.807, 2.05) is 6.92 Å². The molecule has 1 aromatic heterocycles. The smallest absolute Gasteiger partial charge is 0.342 e. The van der Waals surface area contributed by atoms with Gasteiger partial charge in [-0.25, -0.2) is 9.78 Å². The van der Waals surface area contributed by atoms with Crippen molar-refractivity contribution in [3.63, 3.8) is 0 Å². The van der Waals surface area contributed by atoms with E-state index in [1.165, 1.54) is 0 Å². The van der Waals surface area contributed by atoms with E-state index < -0.39 is 11.5 Å². The van der Waals surface area contributed by atoms with Crippen LogP contribution in [0.15, 0.2) is 11.0 Å². The van der Waals surface area contributed by atoms with Crippen LogP contribution in [0, 0.1) is 0 Å². The van der Waals surface area contributed by atoms with Gasteiger partial charge in [-0.1, -0.05) is 6.92 Å². The van der Waals surface area contributed by atoms with Crippen molar-refractivity contribution in [3.8, 4) is 0 Å². The van der Waals surface area contributed by atoms with Crippen LogP contribution in [-0.4, -0.2) is 27.6 Å². The average Bonchev–Trinajstić information content (AvgIpc) is 2.14. The first-order valence-electron chi connectivity index (χ1n) is 4.21. The van der Waals surface area contributed by atoms with Gasteiger partial charge in [0.1, 0.15) is 5.56 Å². The van der Waals surface area contributed by atoms with Crippen LogP contribution in [0.4, 0.5) is 5.95 Å². The van der Waals surface area contributed by atoms with Crippen molar-refractivity contribution in [1.29, 1.82) is 0 Å². The first-order valence-corrected chi connectivity index (χ1v) is 4.21. The Labute approximate surface area is 80.0 Å². The number of carboxylic acids is 1. The van der Waals surface area contributed by atoms with E-state index in [2.05, 4.69) is 15.3 Å². The maximum atomic E-state index is 11.1. The molecule has 0 amide bonds. The number of H-pyrrole nitrogens is 1. The van der Waals surface area contributed by atoms with Crippen LogP contribution >= 0.6 is 0 Å². The molecule has 6 heteroatoms. The molecule has 1 rings (SSSR count). The van der Waals surface area contributed by atoms with Crippen molar-refractivity contribution in [2.24, 2.45) is 0 Å². The number of aromatic carboxylic acids is 1. The van der Waals surface area contributed by atoms with Crippen LogP contribution in [-0.2, 0) is 0 Å². The monoisotopic (exact) mass is 197 g/mol. The highest BCUT2D eigenvalue weighted by Gasteiger charge is 2.08. The highest BCUT2D eigenvalue weighted by molar-refractivity contribution is 5.86. The number of hydrogen-bond donors (Lipinski definition) is 3. The molecule has 76 valence electrons. The van der Waals surface area contributed by atoms with Crippen LogP contribution in [0.5, 0.6) is 0 Å². The highest BCUT2D eigenvalue weighted by Crippen LogP contribution is 1.94. The molecule has 0 atom stereocenters. The average molecular weight is 197 g/mol. The molecule has 0 aliphatic heterocycles. The number of hydrogen-bond acceptors (Lipinski definition) is 4. The van der Waals surface area contributed by atoms with Gasteiger partial charge in [0, 0.05) is 6.54 Å². The molecule has 0 spiro atoms. The Kier molecular flexibility index (Phi) is 3.22. The van der Waals surface area contributed by atoms with Crippen LogP contribution in [0.2, 0.25) is 0 Å². The number of carbonyl (C=O) groups is 1. The van der Waals surface area contributed by atoms with Gasteiger partial charge in [0.25, 0.3) is 5.56 Å². The molecule has 0 saturated heterocycles. The molecular weight excluding hydrogens is 186 g/mol. The first-order chi connectivity index (χ1) is 6.65. The van der Waals surface area contributed by atoms with Crippen LogP contribution < -0.4 is 10.9 Å². The van der Waals surface area contributed by atoms with Gasteiger partial charge < -0.3 is 10.4 Å². The molecular formula is C8H11N3O3. The van der Waals surface area contributed by atoms with Crippen molar-refractivity contribution in [2.45, 2.75) is 13.3 Å². The molecule has 0 unspecified atom stereocenters. The number of rotatable bonds is 4. The summed E-state index contributed by atoms with van der Waals surface area (Å²) in [6.07, 6.45) is 1.93. The lowest BCUT2D eigenvalue weighted by molar-refractivity contribution is 0.0694. The maximum Gasteiger partial charge on any atom is 0.342 e. The van der Waals surface area contributed by atoms with Crippen molar-refractivity contribution in [2.75, 3.05) is 11.9 Å². The summed E-state index contributed by atoms with van der Waals surface area (Å²) in [7, 11) is 0. The molecule has 6 nitrogen and oxygen atoms in total. The number of carboxylic acid groups (broad SMARTS) is 1. The molecule has 0 bridgehead atoms. The summed E-state index contributed by atoms with van der Waals surface area (Å²) in [5.41, 5.74) is -1.00. The molecule has 1 heterocycles. The summed E-state index contributed by atoms with van der Waals surface area (Å²) in [6, 6.07) is 0. The lowest BCUT2D eigenvalue weighted by Gasteiger charge is -2.02. The fraction of sp³-hybridized carbons (Fsp3) is 0.375. The second kappa shape index (κ2) is 4.40. The summed E-state index contributed by atoms with van der Waals surface area (Å²) in [6.45, 7) is 2.64. The first kappa shape index (κ1) is 10.2. The molecule has 0 fully saturated rings. The van der Waals surface area contributed by atoms with Crippen molar-refractivity contribution in [3.05, 3.63) is 22.1 Å². The minimum atomic E-state index is -1.28. The zero-order chi connectivity index (χ0) is 10.6. The van der Waals surface area contributed by atoms with Gasteiger partial charge >= 0.3 is 5.97 Å². The number of nitrogens with one attached hydrogen (secondary N) is 2. The Bertz CT molecular complexity index is 386. The van der Waals surface area contributed by atoms with Gasteiger partial charge in [0.05, 0.1) is 6.20 Å². The standard InChI is InChI=1S/C8H11N3O3/c1-2-3-9-8-10-4-5(7(13)14)6(12)11-8/h4H,2-3H2,1H3,(H,13,14)(H2,9,10,11,12). The van der Waals surface area contributed by atoms with Crippen molar-refractivity contribution >= 4 is 11.9 Å². The van der Waals surface area contributed by atoms with E-state index >= 15 is 0 Å². The molecule has 14 heavy (non-hydrogen) atoms. The third-order valence-electron chi connectivity index (χ3n) is 1.57. The fourth-order valence-corrected chi connectivity index (χ4v) is 0.880. The third kappa shape index (κ3) is 2.32. The molecule has 0 aliphatic carbocycles. The Morgan fingerprint density at radius 1 is 1.71 bits per heavy atom. The van der Waals surface area contributed by atoms with Crippen molar-refractivity contribution in [1.82, 2.24) is 9.97 Å². The molecule has 0 aliphatic rings. The number of nitrogens with zero attached hydrogens (tertiary/aromatic N) is 1. The largest absolute Gasteiger partial charge is 0.477 e. The van der Waals surface area contributed by atoms with E-state index in [0.29, 0.717) is 12.5 Å². The van der Waals surface area contributed by atoms with Gasteiger partial charge in [-0.2, -0.15) is 0 Å². The Hall–Kier alpha value is -1.85. The summed E-state index contributed by atoms with van der Waals surface area (Å²) in [5, 5.41) is 11.4. The number of aromatic amines is 1. The van der Waals surface area contributed by atoms with Gasteiger partial charge in [-0.15, -0.1) is 0 Å². The van der Waals surface area contributed by atoms with Crippen LogP contribution in [0.25, 0.3) is 0 Å². The fourth-order valence-electron chi connectivity index (χ4n) is 0.880. The normalized spacial score (nSPS) is 9.79. The highest BCUT2D eigenvalue weighted by atomic mass is 16.4. The van der Waals surface area contributed by atoms with E-state index in [9.17, 15) is 9.59 Å². The summed E-state index contributed by atoms with van der Waals surface area (Å²) in [5.74, 6) is -0.984. The summed E-state index contributed by atoms with van der Waals surface area (Å²) < 4.78 is 0. The predicted octanol–water partition coefficient (Wildman–Crippen LogP) is 0.290. The van der Waals surface area contributed by atoms with E-state index in [0.717, 1.165) is 12.6 Å². The Balaban J connectivity index is 2.89. The second-order valence-corrected chi connectivity index (χ2v) is 2.71. The molecule has 3 N–H and O–H groups in total. The van der Waals surface area contributed by atoms with Gasteiger partial charge in [-0.05, 0) is 6.42 Å². The van der Waals surface area contributed by atoms with E-state index in [-0.39, 0.29) is 5.56 Å². The topological polar surface area (TPSA) is 95.1 Å². The van der Waals surface area contributed by atoms with E-state index in [1.54, 1.807) is 0 Å². The minimum Gasteiger partial charge on any atom is -0.477 e. The SMILES string of the molecule is CCCNc1ncc(C(=O)O)c(=O)[nH]1. The Morgan fingerprint density at radius 2 is 2.43 bits per heavy atom. The summed E-state index contributed by atoms with van der Waals surface area (Å²) in [4.78, 5) is 27.7. The summed E-state index contributed by atoms with van der Waals surface area (Å²) >= 11 is 0. The van der Waals surface area contributed by atoms with Crippen molar-refractivity contribution < 1.29 is 9.90 Å². The van der Waals surface area contributed by atoms with Crippen LogP contribution in [0.1, 0.15) is 23.7 Å². The van der Waals surface area contributed by atoms with Gasteiger partial charge in [-0.3, -0.25) is 9.78 Å². The van der Waals surface area contributed by atoms with Gasteiger partial charge in [0.15, 0.2) is 0 Å². The predicted molar refractivity (Wildman–Crippen MR) is 50.6 cm³/mol. The lowest BCUT2D eigenvalue weighted by atomic mass is 10.3. The Morgan fingerprint density at radius 3 is 2.93 bits per heavy atom. The number of anilines is 1. The molecule has 0 saturated carbocycles. The van der Waals surface area contributed by atoms with E-state index in [4.69, 9.17) is 5.11 Å². The quantitative estimate of drug-likeness (QED) is 0.644. The van der Waals surface area contributed by atoms with Gasteiger partial charge in [0.2, 0.25) is 5.95 Å². The molecule has 0 aromatic carbocycles. The lowest BCUT2D eigenvalue weighted by Crippen LogP contribution is -2.20. The second-order valence-electron chi connectivity index (χ2n) is 2.71. The maximum absolute atomic E-state index is 11.1. The zero-order valence-electron chi connectivity index (χ0n) is 7.70. The molecule has 1 aromatic rings. The third-order valence-corrected chi connectivity index (χ3v) is 1.57. The molecule has 0 radical (unpaired) electrons. The van der Waals surface area contributed by atoms with Crippen LogP contribution in [0.3, 0.4) is 0 Å². The minimum absolute atomic E-state index is 0.293. The zero-order valence-corrected chi connectivity index (χ0v) is 7.70. The number of aromatic nitrogens is 2.